The number of rotatable bonds is 6. The molecule has 1 atom stereocenters. The number of hydrogen-bond acceptors (Lipinski definition) is 4. The number of esters is 1. The van der Waals surface area contributed by atoms with Crippen LogP contribution in [-0.4, -0.2) is 30.9 Å². The number of thioether (sulfide) groups is 1. The van der Waals surface area contributed by atoms with E-state index < -0.39 is 5.54 Å². The van der Waals surface area contributed by atoms with Gasteiger partial charge in [0.2, 0.25) is 0 Å². The highest BCUT2D eigenvalue weighted by Crippen LogP contribution is 2.23. The van der Waals surface area contributed by atoms with Crippen molar-refractivity contribution in [3.63, 3.8) is 0 Å². The molecular formula is C13H18FNO2S. The normalized spacial score (nSPS) is 14.0. The summed E-state index contributed by atoms with van der Waals surface area (Å²) in [6.07, 6.45) is 0. The summed E-state index contributed by atoms with van der Waals surface area (Å²) in [4.78, 5) is 12.7. The highest BCUT2D eigenvalue weighted by molar-refractivity contribution is 7.99. The van der Waals surface area contributed by atoms with Crippen LogP contribution in [0.2, 0.25) is 0 Å². The fourth-order valence-corrected chi connectivity index (χ4v) is 2.33. The van der Waals surface area contributed by atoms with Crippen LogP contribution in [0, 0.1) is 5.82 Å². The Kier molecular flexibility index (Phi) is 5.62. The molecule has 0 radical (unpaired) electrons. The second kappa shape index (κ2) is 6.75. The number of benzene rings is 1. The predicted octanol–water partition coefficient (Wildman–Crippen LogP) is 2.46. The van der Waals surface area contributed by atoms with Crippen molar-refractivity contribution in [3.8, 4) is 0 Å². The van der Waals surface area contributed by atoms with E-state index in [0.29, 0.717) is 12.4 Å². The van der Waals surface area contributed by atoms with Crippen molar-refractivity contribution in [2.24, 2.45) is 0 Å². The minimum Gasteiger partial charge on any atom is -0.465 e. The van der Waals surface area contributed by atoms with Crippen molar-refractivity contribution < 1.29 is 13.9 Å². The summed E-state index contributed by atoms with van der Waals surface area (Å²) in [6, 6.07) is 6.20. The maximum atomic E-state index is 12.8. The van der Waals surface area contributed by atoms with Gasteiger partial charge in [0.05, 0.1) is 6.61 Å². The molecule has 1 aromatic carbocycles. The number of carbonyl (C=O) groups is 1. The Hall–Kier alpha value is -1.07. The number of hydrogen-bond donors (Lipinski definition) is 1. The quantitative estimate of drug-likeness (QED) is 0.637. The van der Waals surface area contributed by atoms with Crippen LogP contribution in [0.1, 0.15) is 13.8 Å². The molecule has 100 valence electrons. The van der Waals surface area contributed by atoms with Gasteiger partial charge in [0.1, 0.15) is 11.4 Å². The van der Waals surface area contributed by atoms with Crippen LogP contribution in [0.15, 0.2) is 29.2 Å². The molecule has 0 spiro atoms. The molecule has 3 nitrogen and oxygen atoms in total. The molecule has 0 aromatic heterocycles. The van der Waals surface area contributed by atoms with Crippen molar-refractivity contribution in [1.82, 2.24) is 5.32 Å². The van der Waals surface area contributed by atoms with E-state index in [1.807, 2.05) is 0 Å². The van der Waals surface area contributed by atoms with Crippen molar-refractivity contribution in [3.05, 3.63) is 30.1 Å². The van der Waals surface area contributed by atoms with Crippen molar-refractivity contribution in [2.75, 3.05) is 19.4 Å². The first-order chi connectivity index (χ1) is 8.51. The topological polar surface area (TPSA) is 38.3 Å². The molecule has 0 saturated heterocycles. The molecule has 1 N–H and O–H groups in total. The lowest BCUT2D eigenvalue weighted by Crippen LogP contribution is -2.50. The molecule has 0 aliphatic rings. The third-order valence-corrected chi connectivity index (χ3v) is 3.95. The van der Waals surface area contributed by atoms with Gasteiger partial charge in [0.25, 0.3) is 0 Å². The largest absolute Gasteiger partial charge is 0.465 e. The maximum absolute atomic E-state index is 12.8. The third-order valence-electron chi connectivity index (χ3n) is 2.62. The SMILES string of the molecule is CCOC(=O)C(C)(CSc1ccc(F)cc1)NC. The Bertz CT molecular complexity index is 396. The van der Waals surface area contributed by atoms with Gasteiger partial charge < -0.3 is 10.1 Å². The molecule has 0 heterocycles. The van der Waals surface area contributed by atoms with E-state index in [1.54, 1.807) is 33.0 Å². The Labute approximate surface area is 111 Å². The van der Waals surface area contributed by atoms with Crippen LogP contribution in [0.25, 0.3) is 0 Å². The van der Waals surface area contributed by atoms with Gasteiger partial charge in [-0.2, -0.15) is 0 Å². The Morgan fingerprint density at radius 3 is 2.56 bits per heavy atom. The van der Waals surface area contributed by atoms with Crippen molar-refractivity contribution in [1.29, 1.82) is 0 Å². The van der Waals surface area contributed by atoms with E-state index in [-0.39, 0.29) is 11.8 Å². The van der Waals surface area contributed by atoms with Gasteiger partial charge in [-0.05, 0) is 45.2 Å². The summed E-state index contributed by atoms with van der Waals surface area (Å²) >= 11 is 1.48. The lowest BCUT2D eigenvalue weighted by atomic mass is 10.1. The van der Waals surface area contributed by atoms with Gasteiger partial charge in [-0.25, -0.2) is 4.39 Å². The zero-order chi connectivity index (χ0) is 13.6. The second-order valence-electron chi connectivity index (χ2n) is 4.05. The van der Waals surface area contributed by atoms with Crippen LogP contribution in [0.3, 0.4) is 0 Å². The highest BCUT2D eigenvalue weighted by atomic mass is 32.2. The number of carbonyl (C=O) groups excluding carboxylic acids is 1. The van der Waals surface area contributed by atoms with Crippen LogP contribution < -0.4 is 5.32 Å². The molecule has 0 fully saturated rings. The van der Waals surface area contributed by atoms with Crippen molar-refractivity contribution >= 4 is 17.7 Å². The Morgan fingerprint density at radius 2 is 2.06 bits per heavy atom. The summed E-state index contributed by atoms with van der Waals surface area (Å²) in [5.41, 5.74) is -0.741. The molecule has 0 aliphatic heterocycles. The fraction of sp³-hybridized carbons (Fsp3) is 0.462. The molecule has 1 unspecified atom stereocenters. The summed E-state index contributed by atoms with van der Waals surface area (Å²) in [5, 5.41) is 2.98. The maximum Gasteiger partial charge on any atom is 0.326 e. The summed E-state index contributed by atoms with van der Waals surface area (Å²) < 4.78 is 17.8. The smallest absolute Gasteiger partial charge is 0.326 e. The van der Waals surface area contributed by atoms with Gasteiger partial charge in [0.15, 0.2) is 0 Å². The molecule has 0 bridgehead atoms. The van der Waals surface area contributed by atoms with Crippen LogP contribution in [0.4, 0.5) is 4.39 Å². The molecule has 18 heavy (non-hydrogen) atoms. The van der Waals surface area contributed by atoms with Gasteiger partial charge in [-0.3, -0.25) is 4.79 Å². The zero-order valence-corrected chi connectivity index (χ0v) is 11.6. The van der Waals surface area contributed by atoms with E-state index in [2.05, 4.69) is 5.32 Å². The van der Waals surface area contributed by atoms with Gasteiger partial charge in [0, 0.05) is 10.6 Å². The molecule has 0 amide bonds. The first-order valence-electron chi connectivity index (χ1n) is 5.76. The van der Waals surface area contributed by atoms with E-state index >= 15 is 0 Å². The standard InChI is InChI=1S/C13H18FNO2S/c1-4-17-12(16)13(2,15-3)9-18-11-7-5-10(14)6-8-11/h5-8,15H,4,9H2,1-3H3. The first-order valence-corrected chi connectivity index (χ1v) is 6.75. The molecule has 5 heteroatoms. The molecule has 1 rings (SSSR count). The minimum atomic E-state index is -0.741. The highest BCUT2D eigenvalue weighted by Gasteiger charge is 2.32. The minimum absolute atomic E-state index is 0.263. The fourth-order valence-electron chi connectivity index (χ4n) is 1.28. The number of likely N-dealkylation sites (N-methyl/N-ethyl adjacent to an activating group) is 1. The average Bonchev–Trinajstić information content (AvgIpc) is 2.38. The number of nitrogens with one attached hydrogen (secondary N) is 1. The zero-order valence-electron chi connectivity index (χ0n) is 10.8. The first kappa shape index (κ1) is 15.0. The monoisotopic (exact) mass is 271 g/mol. The van der Waals surface area contributed by atoms with Gasteiger partial charge in [-0.15, -0.1) is 11.8 Å². The van der Waals surface area contributed by atoms with E-state index in [9.17, 15) is 9.18 Å². The molecule has 1 aromatic rings. The van der Waals surface area contributed by atoms with Gasteiger partial charge in [-0.1, -0.05) is 0 Å². The van der Waals surface area contributed by atoms with Gasteiger partial charge >= 0.3 is 5.97 Å². The van der Waals surface area contributed by atoms with E-state index in [0.717, 1.165) is 4.90 Å². The van der Waals surface area contributed by atoms with Crippen LogP contribution in [0.5, 0.6) is 0 Å². The van der Waals surface area contributed by atoms with E-state index in [4.69, 9.17) is 4.74 Å². The Balaban J connectivity index is 2.63. The molecule has 0 aliphatic carbocycles. The third kappa shape index (κ3) is 3.99. The predicted molar refractivity (Wildman–Crippen MR) is 71.2 cm³/mol. The van der Waals surface area contributed by atoms with Crippen molar-refractivity contribution in [2.45, 2.75) is 24.3 Å². The summed E-state index contributed by atoms with van der Waals surface area (Å²) in [6.45, 7) is 3.93. The summed E-state index contributed by atoms with van der Waals surface area (Å²) in [7, 11) is 1.72. The van der Waals surface area contributed by atoms with E-state index in [1.165, 1.54) is 23.9 Å². The lowest BCUT2D eigenvalue weighted by molar-refractivity contribution is -0.149. The molecular weight excluding hydrogens is 253 g/mol. The Morgan fingerprint density at radius 1 is 1.44 bits per heavy atom. The lowest BCUT2D eigenvalue weighted by Gasteiger charge is -2.26. The van der Waals surface area contributed by atoms with Crippen LogP contribution >= 0.6 is 11.8 Å². The van der Waals surface area contributed by atoms with Crippen LogP contribution in [-0.2, 0) is 9.53 Å². The molecule has 0 saturated carbocycles. The average molecular weight is 271 g/mol. The number of ether oxygens (including phenoxy) is 1. The second-order valence-corrected chi connectivity index (χ2v) is 5.09. The summed E-state index contributed by atoms with van der Waals surface area (Å²) in [5.74, 6) is -0.0169. The number of halogens is 1.